The number of thiophene rings is 2. The van der Waals surface area contributed by atoms with E-state index in [0.717, 1.165) is 41.8 Å². The Balaban J connectivity index is 1.75. The van der Waals surface area contributed by atoms with Crippen LogP contribution in [0.15, 0.2) is 41.9 Å². The minimum Gasteiger partial charge on any atom is -0.313 e. The average Bonchev–Trinajstić information content (AvgIpc) is 3.35. The molecule has 1 atom stereocenters. The second kappa shape index (κ2) is 8.75. The zero-order chi connectivity index (χ0) is 20.4. The zero-order valence-electron chi connectivity index (χ0n) is 17.0. The molecule has 0 bridgehead atoms. The molecule has 1 aliphatic heterocycles. The van der Waals surface area contributed by atoms with Crippen molar-refractivity contribution in [2.45, 2.75) is 19.9 Å². The molecule has 1 aliphatic rings. The summed E-state index contributed by atoms with van der Waals surface area (Å²) in [6.45, 7) is 8.30. The van der Waals surface area contributed by atoms with Gasteiger partial charge in [0.15, 0.2) is 0 Å². The van der Waals surface area contributed by atoms with Gasteiger partial charge in [0.1, 0.15) is 5.00 Å². The smallest absolute Gasteiger partial charge is 0.266 e. The van der Waals surface area contributed by atoms with E-state index in [9.17, 15) is 4.79 Å². The number of amides is 1. The first-order chi connectivity index (χ1) is 14.0. The number of aromatic nitrogens is 1. The number of likely N-dealkylation sites (N-methyl/N-ethyl adjacent to an activating group) is 1. The van der Waals surface area contributed by atoms with Crippen LogP contribution in [0.2, 0.25) is 0 Å². The molecule has 1 amide bonds. The van der Waals surface area contributed by atoms with Gasteiger partial charge in [-0.2, -0.15) is 0 Å². The number of pyridine rings is 1. The molecule has 5 nitrogen and oxygen atoms in total. The fourth-order valence-electron chi connectivity index (χ4n) is 3.77. The topological polar surface area (TPSA) is 48.5 Å². The first-order valence-corrected chi connectivity index (χ1v) is 11.5. The van der Waals surface area contributed by atoms with Gasteiger partial charge in [-0.25, -0.2) is 0 Å². The summed E-state index contributed by atoms with van der Waals surface area (Å²) in [4.78, 5) is 24.3. The van der Waals surface area contributed by atoms with Crippen molar-refractivity contribution in [3.8, 4) is 0 Å². The summed E-state index contributed by atoms with van der Waals surface area (Å²) in [5.41, 5.74) is 3.45. The minimum atomic E-state index is -0.0411. The molecule has 1 saturated heterocycles. The summed E-state index contributed by atoms with van der Waals surface area (Å²) < 4.78 is 0. The molecular weight excluding hydrogens is 400 g/mol. The molecule has 0 saturated carbocycles. The standard InChI is InChI=1S/C22H26N4OS2/c1-15-16(2)29-22(24-21(27)18-8-6-14-28-18)19(15)20(17-7-4-5-9-23-17)26-12-10-25(3)11-13-26/h4-9,14,20H,10-13H2,1-3H3,(H,24,27)/t20-/m0/s1. The van der Waals surface area contributed by atoms with Crippen LogP contribution in [0, 0.1) is 13.8 Å². The summed E-state index contributed by atoms with van der Waals surface area (Å²) in [6, 6.07) is 9.91. The summed E-state index contributed by atoms with van der Waals surface area (Å²) in [6.07, 6.45) is 1.86. The van der Waals surface area contributed by atoms with Gasteiger partial charge < -0.3 is 10.2 Å². The summed E-state index contributed by atoms with van der Waals surface area (Å²) in [7, 11) is 2.17. The van der Waals surface area contributed by atoms with Crippen molar-refractivity contribution in [1.82, 2.24) is 14.8 Å². The van der Waals surface area contributed by atoms with Gasteiger partial charge in [-0.15, -0.1) is 22.7 Å². The second-order valence-electron chi connectivity index (χ2n) is 7.45. The maximum atomic E-state index is 12.8. The van der Waals surface area contributed by atoms with Crippen LogP contribution in [0.25, 0.3) is 0 Å². The highest BCUT2D eigenvalue weighted by Crippen LogP contribution is 2.42. The monoisotopic (exact) mass is 426 g/mol. The third kappa shape index (κ3) is 4.28. The molecule has 3 aromatic heterocycles. The number of rotatable bonds is 5. The molecule has 0 radical (unpaired) electrons. The first kappa shape index (κ1) is 20.2. The van der Waals surface area contributed by atoms with Crippen molar-refractivity contribution in [2.75, 3.05) is 38.5 Å². The number of carbonyl (C=O) groups excluding carboxylic acids is 1. The van der Waals surface area contributed by atoms with Gasteiger partial charge in [0.25, 0.3) is 5.91 Å². The molecule has 1 fully saturated rings. The highest BCUT2D eigenvalue weighted by molar-refractivity contribution is 7.17. The van der Waals surface area contributed by atoms with E-state index < -0.39 is 0 Å². The van der Waals surface area contributed by atoms with E-state index >= 15 is 0 Å². The third-order valence-corrected chi connectivity index (χ3v) is 7.56. The van der Waals surface area contributed by atoms with E-state index in [1.54, 1.807) is 11.3 Å². The van der Waals surface area contributed by atoms with Crippen molar-refractivity contribution in [3.63, 3.8) is 0 Å². The van der Waals surface area contributed by atoms with Crippen LogP contribution in [0.1, 0.15) is 37.4 Å². The lowest BCUT2D eigenvalue weighted by molar-refractivity contribution is 0.103. The van der Waals surface area contributed by atoms with Crippen molar-refractivity contribution in [3.05, 3.63) is 68.5 Å². The molecule has 4 rings (SSSR count). The van der Waals surface area contributed by atoms with Crippen LogP contribution in [0.4, 0.5) is 5.00 Å². The number of anilines is 1. The van der Waals surface area contributed by atoms with Crippen LogP contribution in [0.5, 0.6) is 0 Å². The van der Waals surface area contributed by atoms with Gasteiger partial charge in [-0.3, -0.25) is 14.7 Å². The Morgan fingerprint density at radius 2 is 1.93 bits per heavy atom. The predicted molar refractivity (Wildman–Crippen MR) is 121 cm³/mol. The SMILES string of the molecule is Cc1sc(NC(=O)c2cccs2)c([C@H](c2ccccn2)N2CCN(C)CC2)c1C. The van der Waals surface area contributed by atoms with Gasteiger partial charge in [0.05, 0.1) is 16.6 Å². The van der Waals surface area contributed by atoms with Gasteiger partial charge in [-0.05, 0) is 50.0 Å². The Labute approximate surface area is 180 Å². The minimum absolute atomic E-state index is 0.0356. The molecule has 29 heavy (non-hydrogen) atoms. The molecule has 0 spiro atoms. The van der Waals surface area contributed by atoms with Gasteiger partial charge in [-0.1, -0.05) is 12.1 Å². The number of carbonyl (C=O) groups is 1. The van der Waals surface area contributed by atoms with Crippen LogP contribution in [-0.2, 0) is 0 Å². The average molecular weight is 427 g/mol. The number of nitrogens with zero attached hydrogens (tertiary/aromatic N) is 3. The quantitative estimate of drug-likeness (QED) is 0.657. The fourth-order valence-corrected chi connectivity index (χ4v) is 5.48. The van der Waals surface area contributed by atoms with E-state index in [-0.39, 0.29) is 11.9 Å². The lowest BCUT2D eigenvalue weighted by atomic mass is 9.97. The summed E-state index contributed by atoms with van der Waals surface area (Å²) >= 11 is 3.13. The molecule has 0 aromatic carbocycles. The number of aryl methyl sites for hydroxylation is 1. The van der Waals surface area contributed by atoms with E-state index in [2.05, 4.69) is 42.1 Å². The maximum Gasteiger partial charge on any atom is 0.266 e. The van der Waals surface area contributed by atoms with E-state index in [0.29, 0.717) is 0 Å². The number of hydrogen-bond donors (Lipinski definition) is 1. The Kier molecular flexibility index (Phi) is 6.10. The predicted octanol–water partition coefficient (Wildman–Crippen LogP) is 4.41. The molecule has 0 aliphatic carbocycles. The first-order valence-electron chi connectivity index (χ1n) is 9.83. The van der Waals surface area contributed by atoms with Crippen LogP contribution in [-0.4, -0.2) is 53.9 Å². The molecule has 152 valence electrons. The van der Waals surface area contributed by atoms with E-state index in [1.165, 1.54) is 27.3 Å². The van der Waals surface area contributed by atoms with Gasteiger partial charge in [0.2, 0.25) is 0 Å². The highest BCUT2D eigenvalue weighted by Gasteiger charge is 2.31. The molecule has 0 unspecified atom stereocenters. The van der Waals surface area contributed by atoms with Crippen LogP contribution >= 0.6 is 22.7 Å². The Bertz CT molecular complexity index is 960. The van der Waals surface area contributed by atoms with E-state index in [1.807, 2.05) is 35.8 Å². The zero-order valence-corrected chi connectivity index (χ0v) is 18.6. The lowest BCUT2D eigenvalue weighted by Gasteiger charge is -2.38. The Morgan fingerprint density at radius 3 is 2.59 bits per heavy atom. The largest absolute Gasteiger partial charge is 0.313 e. The number of piperazine rings is 1. The molecule has 1 N–H and O–H groups in total. The molecule has 3 aromatic rings. The summed E-state index contributed by atoms with van der Waals surface area (Å²) in [5, 5.41) is 6.07. The van der Waals surface area contributed by atoms with Crippen molar-refractivity contribution < 1.29 is 4.79 Å². The number of hydrogen-bond acceptors (Lipinski definition) is 6. The fraction of sp³-hybridized carbons (Fsp3) is 0.364. The van der Waals surface area contributed by atoms with Gasteiger partial charge >= 0.3 is 0 Å². The maximum absolute atomic E-state index is 12.8. The number of nitrogens with one attached hydrogen (secondary N) is 1. The van der Waals surface area contributed by atoms with E-state index in [4.69, 9.17) is 4.98 Å². The van der Waals surface area contributed by atoms with Gasteiger partial charge in [0, 0.05) is 42.8 Å². The van der Waals surface area contributed by atoms with Crippen LogP contribution < -0.4 is 5.32 Å². The van der Waals surface area contributed by atoms with Crippen molar-refractivity contribution in [2.24, 2.45) is 0 Å². The second-order valence-corrected chi connectivity index (χ2v) is 9.63. The highest BCUT2D eigenvalue weighted by atomic mass is 32.1. The third-order valence-electron chi connectivity index (χ3n) is 5.55. The Morgan fingerprint density at radius 1 is 1.14 bits per heavy atom. The van der Waals surface area contributed by atoms with Crippen LogP contribution in [0.3, 0.4) is 0 Å². The molecule has 4 heterocycles. The molecule has 7 heteroatoms. The van der Waals surface area contributed by atoms with Crippen molar-refractivity contribution >= 4 is 33.6 Å². The lowest BCUT2D eigenvalue weighted by Crippen LogP contribution is -2.46. The normalized spacial score (nSPS) is 16.7. The Hall–Kier alpha value is -2.06. The molecular formula is C22H26N4OS2. The summed E-state index contributed by atoms with van der Waals surface area (Å²) in [5.74, 6) is -0.0411. The van der Waals surface area contributed by atoms with Crippen molar-refractivity contribution in [1.29, 1.82) is 0 Å².